The maximum absolute atomic E-state index is 5.30. The van der Waals surface area contributed by atoms with Crippen molar-refractivity contribution in [3.63, 3.8) is 0 Å². The fraction of sp³-hybridized carbons (Fsp3) is 0.100. The van der Waals surface area contributed by atoms with Gasteiger partial charge in [-0.1, -0.05) is 36.4 Å². The smallest absolute Gasteiger partial charge is 0.118 e. The van der Waals surface area contributed by atoms with Crippen LogP contribution in [0.2, 0.25) is 0 Å². The second-order valence-electron chi connectivity index (χ2n) is 5.22. The number of benzene rings is 3. The first-order valence-corrected chi connectivity index (χ1v) is 9.32. The third-order valence-electron chi connectivity index (χ3n) is 3.96. The van der Waals surface area contributed by atoms with E-state index < -0.39 is 10.0 Å². The maximum Gasteiger partial charge on any atom is 0.118 e. The van der Waals surface area contributed by atoms with Gasteiger partial charge in [-0.3, -0.25) is 0 Å². The van der Waals surface area contributed by atoms with Crippen LogP contribution in [0, 0.1) is 0 Å². The summed E-state index contributed by atoms with van der Waals surface area (Å²) >= 11 is 0. The molecule has 3 aromatic rings. The second-order valence-corrected chi connectivity index (χ2v) is 8.47. The van der Waals surface area contributed by atoms with Crippen molar-refractivity contribution in [1.82, 2.24) is 0 Å². The van der Waals surface area contributed by atoms with Crippen molar-refractivity contribution in [2.45, 2.75) is 14.7 Å². The Kier molecular flexibility index (Phi) is 4.21. The van der Waals surface area contributed by atoms with Gasteiger partial charge in [0.15, 0.2) is 0 Å². The van der Waals surface area contributed by atoms with Gasteiger partial charge in [-0.15, -0.1) is 0 Å². The molecule has 0 atom stereocenters. The van der Waals surface area contributed by atoms with Crippen LogP contribution in [0.3, 0.4) is 0 Å². The zero-order valence-corrected chi connectivity index (χ0v) is 13.7. The molecule has 0 aromatic heterocycles. The molecule has 0 unspecified atom stereocenters. The van der Waals surface area contributed by atoms with Gasteiger partial charge in [0.2, 0.25) is 0 Å². The van der Waals surface area contributed by atoms with Crippen LogP contribution in [-0.4, -0.2) is 13.4 Å². The Morgan fingerprint density at radius 3 is 1.41 bits per heavy atom. The molecule has 0 fully saturated rings. The number of rotatable bonds is 4. The minimum atomic E-state index is -1.26. The summed E-state index contributed by atoms with van der Waals surface area (Å²) in [4.78, 5) is 4.07. The molecule has 0 aliphatic heterocycles. The molecular weight excluding hydrogens is 288 g/mol. The average Bonchev–Trinajstić information content (AvgIpc) is 2.62. The van der Waals surface area contributed by atoms with Crippen LogP contribution < -0.4 is 4.74 Å². The van der Waals surface area contributed by atoms with E-state index in [1.54, 1.807) is 7.11 Å². The fourth-order valence-electron chi connectivity index (χ4n) is 2.64. The van der Waals surface area contributed by atoms with Crippen LogP contribution in [0.5, 0.6) is 5.75 Å². The average molecular weight is 308 g/mol. The number of methoxy groups -OCH3 is 1. The van der Waals surface area contributed by atoms with Crippen LogP contribution in [0.25, 0.3) is 0 Å². The van der Waals surface area contributed by atoms with Crippen molar-refractivity contribution >= 4 is 10.0 Å². The Hall–Kier alpha value is -2.19. The lowest BCUT2D eigenvalue weighted by Gasteiger charge is -2.37. The molecule has 0 heterocycles. The Morgan fingerprint density at radius 1 is 0.591 bits per heavy atom. The van der Waals surface area contributed by atoms with Gasteiger partial charge in [-0.05, 0) is 69.5 Å². The lowest BCUT2D eigenvalue weighted by atomic mass is 10.3. The zero-order valence-electron chi connectivity index (χ0n) is 12.9. The lowest BCUT2D eigenvalue weighted by molar-refractivity contribution is 0.414. The Bertz CT molecular complexity index is 681. The van der Waals surface area contributed by atoms with Crippen LogP contribution in [-0.2, 0) is 0 Å². The summed E-state index contributed by atoms with van der Waals surface area (Å²) in [7, 11) is 0.448. The van der Waals surface area contributed by atoms with Gasteiger partial charge in [0, 0.05) is 0 Å². The highest BCUT2D eigenvalue weighted by Crippen LogP contribution is 2.65. The van der Waals surface area contributed by atoms with Crippen LogP contribution >= 0.6 is 10.0 Å². The third-order valence-corrected chi connectivity index (χ3v) is 7.60. The molecule has 0 saturated carbocycles. The summed E-state index contributed by atoms with van der Waals surface area (Å²) in [5.41, 5.74) is 0. The van der Waals surface area contributed by atoms with E-state index in [9.17, 15) is 0 Å². The fourth-order valence-corrected chi connectivity index (χ4v) is 5.54. The van der Waals surface area contributed by atoms with E-state index in [-0.39, 0.29) is 0 Å². The van der Waals surface area contributed by atoms with Crippen LogP contribution in [0.4, 0.5) is 0 Å². The first-order valence-electron chi connectivity index (χ1n) is 7.28. The summed E-state index contributed by atoms with van der Waals surface area (Å²) in [5.74, 6) is 0.895. The van der Waals surface area contributed by atoms with E-state index in [4.69, 9.17) is 4.74 Å². The number of hydrogen-bond acceptors (Lipinski definition) is 1. The molecular formula is C20H20OS. The van der Waals surface area contributed by atoms with Gasteiger partial charge in [0.25, 0.3) is 0 Å². The summed E-state index contributed by atoms with van der Waals surface area (Å²) in [6.45, 7) is 0. The number of ether oxygens (including phenoxy) is 1. The van der Waals surface area contributed by atoms with Gasteiger partial charge in [0.1, 0.15) is 5.75 Å². The normalized spacial score (nSPS) is 11.9. The molecule has 0 amide bonds. The van der Waals surface area contributed by atoms with Gasteiger partial charge in [0.05, 0.1) is 7.11 Å². The topological polar surface area (TPSA) is 9.23 Å². The van der Waals surface area contributed by atoms with Crippen molar-refractivity contribution in [3.8, 4) is 5.75 Å². The van der Waals surface area contributed by atoms with E-state index in [2.05, 4.69) is 79.1 Å². The number of hydrogen-bond donors (Lipinski definition) is 0. The monoisotopic (exact) mass is 308 g/mol. The first kappa shape index (κ1) is 14.7. The molecule has 1 nitrogen and oxygen atoms in total. The van der Waals surface area contributed by atoms with Crippen molar-refractivity contribution in [2.24, 2.45) is 0 Å². The predicted molar refractivity (Wildman–Crippen MR) is 94.2 cm³/mol. The lowest BCUT2D eigenvalue weighted by Crippen LogP contribution is -2.01. The molecule has 0 spiro atoms. The molecule has 0 aliphatic rings. The molecule has 0 radical (unpaired) electrons. The Balaban J connectivity index is 2.18. The van der Waals surface area contributed by atoms with E-state index in [1.807, 2.05) is 12.1 Å². The molecule has 0 saturated heterocycles. The maximum atomic E-state index is 5.30. The van der Waals surface area contributed by atoms with Crippen molar-refractivity contribution in [1.29, 1.82) is 0 Å². The van der Waals surface area contributed by atoms with Crippen molar-refractivity contribution < 1.29 is 4.74 Å². The van der Waals surface area contributed by atoms with Crippen molar-refractivity contribution in [3.05, 3.63) is 84.9 Å². The minimum absolute atomic E-state index is 0.895. The van der Waals surface area contributed by atoms with Crippen LogP contribution in [0.1, 0.15) is 0 Å². The summed E-state index contributed by atoms with van der Waals surface area (Å²) in [6.07, 6.45) is 2.36. The molecule has 22 heavy (non-hydrogen) atoms. The Morgan fingerprint density at radius 2 is 1.00 bits per heavy atom. The molecule has 3 aromatic carbocycles. The largest absolute Gasteiger partial charge is 0.497 e. The highest BCUT2D eigenvalue weighted by Gasteiger charge is 2.25. The summed E-state index contributed by atoms with van der Waals surface area (Å²) in [5, 5.41) is 0. The van der Waals surface area contributed by atoms with E-state index in [1.165, 1.54) is 14.7 Å². The van der Waals surface area contributed by atoms with Crippen LogP contribution in [0.15, 0.2) is 99.6 Å². The standard InChI is InChI=1S/C20H20OS/c1-21-17-13-15-20(16-14-17)22(2,18-9-5-3-6-10-18)19-11-7-4-8-12-19/h3-16H,1-2H3. The molecule has 0 N–H and O–H groups in total. The summed E-state index contributed by atoms with van der Waals surface area (Å²) in [6, 6.07) is 30.0. The zero-order chi connectivity index (χ0) is 15.4. The van der Waals surface area contributed by atoms with Gasteiger partial charge >= 0.3 is 0 Å². The predicted octanol–water partition coefficient (Wildman–Crippen LogP) is 5.61. The highest BCUT2D eigenvalue weighted by molar-refractivity contribution is 8.33. The highest BCUT2D eigenvalue weighted by atomic mass is 32.3. The molecule has 3 rings (SSSR count). The first-order chi connectivity index (χ1) is 10.7. The van der Waals surface area contributed by atoms with E-state index >= 15 is 0 Å². The van der Waals surface area contributed by atoms with Crippen molar-refractivity contribution in [2.75, 3.05) is 13.4 Å². The molecule has 2 heteroatoms. The minimum Gasteiger partial charge on any atom is -0.497 e. The van der Waals surface area contributed by atoms with E-state index in [0.717, 1.165) is 5.75 Å². The second kappa shape index (κ2) is 6.29. The van der Waals surface area contributed by atoms with Gasteiger partial charge in [-0.25, -0.2) is 0 Å². The van der Waals surface area contributed by atoms with E-state index in [0.29, 0.717) is 0 Å². The summed E-state index contributed by atoms with van der Waals surface area (Å²) < 4.78 is 5.30. The SMILES string of the molecule is COc1ccc(S(C)(c2ccccc2)c2ccccc2)cc1. The van der Waals surface area contributed by atoms with Gasteiger partial charge < -0.3 is 4.74 Å². The molecule has 0 bridgehead atoms. The quantitative estimate of drug-likeness (QED) is 0.609. The molecule has 112 valence electrons. The van der Waals surface area contributed by atoms with Gasteiger partial charge in [-0.2, -0.15) is 10.0 Å². The third kappa shape index (κ3) is 2.62. The Labute approximate surface area is 133 Å². The molecule has 0 aliphatic carbocycles.